The Hall–Kier alpha value is -1.55. The maximum atomic E-state index is 11.2. The number of amides is 1. The van der Waals surface area contributed by atoms with E-state index in [0.717, 1.165) is 17.7 Å². The second-order valence-electron chi connectivity index (χ2n) is 4.03. The van der Waals surface area contributed by atoms with Crippen molar-refractivity contribution in [3.8, 4) is 5.75 Å². The van der Waals surface area contributed by atoms with Crippen molar-refractivity contribution in [2.75, 3.05) is 11.9 Å². The molecule has 4 nitrogen and oxygen atoms in total. The molecule has 16 heavy (non-hydrogen) atoms. The van der Waals surface area contributed by atoms with Gasteiger partial charge in [0, 0.05) is 18.2 Å². The minimum atomic E-state index is -0.495. The van der Waals surface area contributed by atoms with E-state index in [-0.39, 0.29) is 12.5 Å². The van der Waals surface area contributed by atoms with Crippen LogP contribution in [-0.4, -0.2) is 23.7 Å². The molecule has 86 valence electrons. The van der Waals surface area contributed by atoms with E-state index in [4.69, 9.17) is 9.84 Å². The average Bonchev–Trinajstić information content (AvgIpc) is 2.25. The molecule has 1 amide bonds. The number of anilines is 1. The monoisotopic (exact) mass is 221 g/mol. The number of ether oxygens (including phenoxy) is 1. The van der Waals surface area contributed by atoms with Crippen LogP contribution in [-0.2, 0) is 11.2 Å². The Morgan fingerprint density at radius 1 is 1.50 bits per heavy atom. The smallest absolute Gasteiger partial charge is 0.224 e. The number of carbonyl (C=O) groups is 1. The Morgan fingerprint density at radius 2 is 2.31 bits per heavy atom. The number of nitrogens with one attached hydrogen (secondary N) is 1. The van der Waals surface area contributed by atoms with E-state index in [0.29, 0.717) is 12.2 Å². The van der Waals surface area contributed by atoms with E-state index in [9.17, 15) is 4.79 Å². The van der Waals surface area contributed by atoms with Gasteiger partial charge in [-0.05, 0) is 25.0 Å². The normalized spacial score (nSPS) is 16.2. The molecule has 0 bridgehead atoms. The van der Waals surface area contributed by atoms with Crippen LogP contribution in [0.4, 0.5) is 5.69 Å². The minimum absolute atomic E-state index is 0.0418. The molecule has 2 N–H and O–H groups in total. The van der Waals surface area contributed by atoms with E-state index in [1.807, 2.05) is 12.1 Å². The van der Waals surface area contributed by atoms with Crippen molar-refractivity contribution in [2.45, 2.75) is 25.9 Å². The standard InChI is InChI=1S/C12H15NO3/c1-8(14)7-16-10-4-2-9-3-5-12(15)13-11(9)6-10/h2,4,6,8,14H,3,5,7H2,1H3,(H,13,15)/t8-/m1/s1. The van der Waals surface area contributed by atoms with E-state index >= 15 is 0 Å². The molecule has 0 saturated carbocycles. The first-order valence-electron chi connectivity index (χ1n) is 5.39. The zero-order valence-corrected chi connectivity index (χ0v) is 9.19. The third-order valence-corrected chi connectivity index (χ3v) is 2.47. The third kappa shape index (κ3) is 2.52. The average molecular weight is 221 g/mol. The molecule has 1 aromatic rings. The molecule has 0 spiro atoms. The van der Waals surface area contributed by atoms with E-state index in [1.54, 1.807) is 13.0 Å². The second-order valence-corrected chi connectivity index (χ2v) is 4.03. The molecule has 1 aromatic carbocycles. The van der Waals surface area contributed by atoms with Crippen LogP contribution in [0.15, 0.2) is 18.2 Å². The van der Waals surface area contributed by atoms with Crippen LogP contribution >= 0.6 is 0 Å². The SMILES string of the molecule is C[C@@H](O)COc1ccc2c(c1)NC(=O)CC2. The van der Waals surface area contributed by atoms with Gasteiger partial charge in [-0.15, -0.1) is 0 Å². The number of rotatable bonds is 3. The number of aliphatic hydroxyl groups excluding tert-OH is 1. The van der Waals surface area contributed by atoms with E-state index in [2.05, 4.69) is 5.32 Å². The highest BCUT2D eigenvalue weighted by molar-refractivity contribution is 5.94. The van der Waals surface area contributed by atoms with Gasteiger partial charge in [0.1, 0.15) is 12.4 Å². The maximum absolute atomic E-state index is 11.2. The summed E-state index contributed by atoms with van der Waals surface area (Å²) in [6.07, 6.45) is 0.823. The number of fused-ring (bicyclic) bond motifs is 1. The van der Waals surface area contributed by atoms with Gasteiger partial charge >= 0.3 is 0 Å². The summed E-state index contributed by atoms with van der Waals surface area (Å²) in [5, 5.41) is 11.9. The van der Waals surface area contributed by atoms with Crippen molar-refractivity contribution >= 4 is 11.6 Å². The van der Waals surface area contributed by atoms with Crippen molar-refractivity contribution in [3.63, 3.8) is 0 Å². The van der Waals surface area contributed by atoms with Gasteiger partial charge in [0.2, 0.25) is 5.91 Å². The van der Waals surface area contributed by atoms with Gasteiger partial charge < -0.3 is 15.2 Å². The number of hydrogen-bond donors (Lipinski definition) is 2. The lowest BCUT2D eigenvalue weighted by Crippen LogP contribution is -2.19. The van der Waals surface area contributed by atoms with Crippen LogP contribution in [0.2, 0.25) is 0 Å². The number of hydrogen-bond acceptors (Lipinski definition) is 3. The lowest BCUT2D eigenvalue weighted by Gasteiger charge is -2.18. The molecule has 1 atom stereocenters. The van der Waals surface area contributed by atoms with Crippen molar-refractivity contribution < 1.29 is 14.6 Å². The highest BCUT2D eigenvalue weighted by Gasteiger charge is 2.15. The minimum Gasteiger partial charge on any atom is -0.491 e. The molecule has 0 unspecified atom stereocenters. The van der Waals surface area contributed by atoms with Crippen LogP contribution in [0.1, 0.15) is 18.9 Å². The molecular weight excluding hydrogens is 206 g/mol. The highest BCUT2D eigenvalue weighted by Crippen LogP contribution is 2.27. The van der Waals surface area contributed by atoms with Gasteiger partial charge in [-0.3, -0.25) is 4.79 Å². The molecule has 4 heteroatoms. The van der Waals surface area contributed by atoms with Gasteiger partial charge in [0.25, 0.3) is 0 Å². The third-order valence-electron chi connectivity index (χ3n) is 2.47. The molecule has 1 heterocycles. The largest absolute Gasteiger partial charge is 0.491 e. The zero-order valence-electron chi connectivity index (χ0n) is 9.19. The van der Waals surface area contributed by atoms with Crippen molar-refractivity contribution in [2.24, 2.45) is 0 Å². The van der Waals surface area contributed by atoms with Gasteiger partial charge in [-0.2, -0.15) is 0 Å². The van der Waals surface area contributed by atoms with Crippen LogP contribution in [0, 0.1) is 0 Å². The fourth-order valence-corrected chi connectivity index (χ4v) is 1.66. The first-order chi connectivity index (χ1) is 7.65. The molecule has 0 radical (unpaired) electrons. The van der Waals surface area contributed by atoms with Crippen molar-refractivity contribution in [1.82, 2.24) is 0 Å². The second kappa shape index (κ2) is 4.53. The fourth-order valence-electron chi connectivity index (χ4n) is 1.66. The highest BCUT2D eigenvalue weighted by atomic mass is 16.5. The summed E-state index contributed by atoms with van der Waals surface area (Å²) in [6.45, 7) is 1.92. The van der Waals surface area contributed by atoms with Gasteiger partial charge in [0.05, 0.1) is 6.10 Å². The summed E-state index contributed by atoms with van der Waals surface area (Å²) in [6, 6.07) is 5.61. The molecule has 0 saturated heterocycles. The van der Waals surface area contributed by atoms with Gasteiger partial charge in [-0.1, -0.05) is 6.07 Å². The Balaban J connectivity index is 2.12. The molecule has 0 fully saturated rings. The Morgan fingerprint density at radius 3 is 3.06 bits per heavy atom. The number of benzene rings is 1. The lowest BCUT2D eigenvalue weighted by atomic mass is 10.0. The summed E-state index contributed by atoms with van der Waals surface area (Å²) >= 11 is 0. The van der Waals surface area contributed by atoms with Crippen LogP contribution < -0.4 is 10.1 Å². The first-order valence-corrected chi connectivity index (χ1v) is 5.39. The molecular formula is C12H15NO3. The summed E-state index contributed by atoms with van der Waals surface area (Å²) in [5.41, 5.74) is 1.95. The molecule has 2 rings (SSSR count). The summed E-state index contributed by atoms with van der Waals surface area (Å²) in [4.78, 5) is 11.2. The molecule has 0 aromatic heterocycles. The number of aliphatic hydroxyl groups is 1. The molecule has 1 aliphatic heterocycles. The summed E-state index contributed by atoms with van der Waals surface area (Å²) < 4.78 is 5.37. The Kier molecular flexibility index (Phi) is 3.10. The van der Waals surface area contributed by atoms with Crippen LogP contribution in [0.5, 0.6) is 5.75 Å². The summed E-state index contributed by atoms with van der Waals surface area (Å²) in [7, 11) is 0. The topological polar surface area (TPSA) is 58.6 Å². The first kappa shape index (κ1) is 11.0. The Labute approximate surface area is 94.2 Å². The fraction of sp³-hybridized carbons (Fsp3) is 0.417. The van der Waals surface area contributed by atoms with Crippen molar-refractivity contribution in [3.05, 3.63) is 23.8 Å². The summed E-state index contributed by atoms with van der Waals surface area (Å²) in [5.74, 6) is 0.710. The quantitative estimate of drug-likeness (QED) is 0.809. The molecule has 0 aliphatic carbocycles. The maximum Gasteiger partial charge on any atom is 0.224 e. The zero-order chi connectivity index (χ0) is 11.5. The number of carbonyl (C=O) groups excluding carboxylic acids is 1. The number of aryl methyl sites for hydroxylation is 1. The van der Waals surface area contributed by atoms with Gasteiger partial charge in [-0.25, -0.2) is 0 Å². The van der Waals surface area contributed by atoms with Crippen LogP contribution in [0.25, 0.3) is 0 Å². The van der Waals surface area contributed by atoms with Crippen molar-refractivity contribution in [1.29, 1.82) is 0 Å². The van der Waals surface area contributed by atoms with Gasteiger partial charge in [0.15, 0.2) is 0 Å². The Bertz CT molecular complexity index is 401. The predicted molar refractivity (Wildman–Crippen MR) is 60.6 cm³/mol. The van der Waals surface area contributed by atoms with E-state index in [1.165, 1.54) is 0 Å². The predicted octanol–water partition coefficient (Wildman–Crippen LogP) is 1.33. The van der Waals surface area contributed by atoms with Crippen LogP contribution in [0.3, 0.4) is 0 Å². The van der Waals surface area contributed by atoms with E-state index < -0.39 is 6.10 Å². The molecule has 1 aliphatic rings. The lowest BCUT2D eigenvalue weighted by molar-refractivity contribution is -0.116.